The summed E-state index contributed by atoms with van der Waals surface area (Å²) in [6.45, 7) is 5.96. The van der Waals surface area contributed by atoms with Gasteiger partial charge in [0, 0.05) is 44.0 Å². The van der Waals surface area contributed by atoms with Gasteiger partial charge in [0.25, 0.3) is 5.91 Å². The summed E-state index contributed by atoms with van der Waals surface area (Å²) in [5.74, 6) is -0.336. The number of hydrogen-bond acceptors (Lipinski definition) is 7. The number of amides is 3. The fourth-order valence-corrected chi connectivity index (χ4v) is 6.61. The average Bonchev–Trinajstić information content (AvgIpc) is 3.06. The summed E-state index contributed by atoms with van der Waals surface area (Å²) in [6, 6.07) is 21.1. The lowest BCUT2D eigenvalue weighted by molar-refractivity contribution is -0.00833. The smallest absolute Gasteiger partial charge is 0.323 e. The molecule has 1 heterocycles. The van der Waals surface area contributed by atoms with E-state index in [1.165, 1.54) is 11.4 Å². The van der Waals surface area contributed by atoms with E-state index in [0.29, 0.717) is 30.2 Å². The monoisotopic (exact) mass is 666 g/mol. The van der Waals surface area contributed by atoms with Gasteiger partial charge in [-0.15, -0.1) is 0 Å². The zero-order valence-corrected chi connectivity index (χ0v) is 28.3. The van der Waals surface area contributed by atoms with Crippen LogP contribution in [0.1, 0.15) is 50.4 Å². The van der Waals surface area contributed by atoms with Crippen LogP contribution in [0, 0.1) is 5.92 Å². The molecule has 0 aliphatic carbocycles. The summed E-state index contributed by atoms with van der Waals surface area (Å²) in [5.41, 5.74) is 1.24. The number of rotatable bonds is 8. The van der Waals surface area contributed by atoms with E-state index in [1.807, 2.05) is 32.0 Å². The van der Waals surface area contributed by atoms with Crippen LogP contribution in [0.4, 0.5) is 16.2 Å². The van der Waals surface area contributed by atoms with E-state index in [0.717, 1.165) is 12.8 Å². The van der Waals surface area contributed by atoms with Crippen molar-refractivity contribution < 1.29 is 32.6 Å². The number of urea groups is 1. The molecule has 0 radical (unpaired) electrons. The van der Waals surface area contributed by atoms with Gasteiger partial charge in [-0.05, 0) is 75.6 Å². The third-order valence-electron chi connectivity index (χ3n) is 8.23. The maximum atomic E-state index is 14.3. The van der Waals surface area contributed by atoms with E-state index in [1.54, 1.807) is 72.5 Å². The van der Waals surface area contributed by atoms with E-state index in [2.05, 4.69) is 10.6 Å². The van der Waals surface area contributed by atoms with Gasteiger partial charge in [0.1, 0.15) is 5.75 Å². The molecule has 254 valence electrons. The Hall–Kier alpha value is -3.97. The number of benzene rings is 3. The molecule has 4 atom stereocenters. The Balaban J connectivity index is 1.63. The second-order valence-corrected chi connectivity index (χ2v) is 14.1. The van der Waals surface area contributed by atoms with Crippen LogP contribution in [0.25, 0.3) is 0 Å². The van der Waals surface area contributed by atoms with Crippen molar-refractivity contribution >= 4 is 33.3 Å². The molecule has 0 saturated carbocycles. The van der Waals surface area contributed by atoms with Crippen molar-refractivity contribution in [3.63, 3.8) is 0 Å². The number of sulfonamides is 1. The Bertz CT molecular complexity index is 1570. The topological polar surface area (TPSA) is 138 Å². The van der Waals surface area contributed by atoms with Crippen LogP contribution >= 0.6 is 0 Å². The first kappa shape index (κ1) is 35.9. The van der Waals surface area contributed by atoms with E-state index < -0.39 is 34.1 Å². The molecule has 3 aromatic rings. The Morgan fingerprint density at radius 2 is 1.66 bits per heavy atom. The summed E-state index contributed by atoms with van der Waals surface area (Å²) in [4.78, 5) is 28.8. The molecule has 0 spiro atoms. The van der Waals surface area contributed by atoms with Gasteiger partial charge in [0.2, 0.25) is 10.0 Å². The number of para-hydroxylation sites is 1. The van der Waals surface area contributed by atoms with E-state index in [4.69, 9.17) is 9.47 Å². The lowest BCUT2D eigenvalue weighted by atomic mass is 10.0. The van der Waals surface area contributed by atoms with Gasteiger partial charge < -0.3 is 30.1 Å². The first-order chi connectivity index (χ1) is 22.5. The third kappa shape index (κ3) is 9.77. The molecular weight excluding hydrogens is 620 g/mol. The number of carbonyl (C=O) groups excluding carboxylic acids is 2. The molecule has 4 rings (SSSR count). The standard InChI is InChI=1S/C35H46N4O7S/c1-25-22-39(26(2)24-40)34(41)31-21-29(37-35(42)36-28-14-7-5-8-15-28)18-19-32(31)46-27(3)13-11-12-20-45-33(25)23-38(4)47(43,44)30-16-9-6-10-17-30/h5-10,14-19,21,25-27,33,40H,11-13,20,22-24H2,1-4H3,(H2,36,37,42)/t25-,26+,27-,33-/m0/s1. The summed E-state index contributed by atoms with van der Waals surface area (Å²) < 4.78 is 40.6. The molecule has 47 heavy (non-hydrogen) atoms. The van der Waals surface area contributed by atoms with Crippen molar-refractivity contribution in [2.24, 2.45) is 5.92 Å². The van der Waals surface area contributed by atoms with Crippen molar-refractivity contribution in [2.75, 3.05) is 44.0 Å². The fourth-order valence-electron chi connectivity index (χ4n) is 5.40. The number of nitrogens with one attached hydrogen (secondary N) is 2. The Morgan fingerprint density at radius 1 is 1.00 bits per heavy atom. The maximum absolute atomic E-state index is 14.3. The number of aliphatic hydroxyl groups is 1. The molecule has 11 nitrogen and oxygen atoms in total. The first-order valence-electron chi connectivity index (χ1n) is 16.0. The lowest BCUT2D eigenvalue weighted by Crippen LogP contribution is -2.48. The molecule has 0 saturated heterocycles. The highest BCUT2D eigenvalue weighted by atomic mass is 32.2. The van der Waals surface area contributed by atoms with Gasteiger partial charge in [0.05, 0.1) is 35.3 Å². The Kier molecular flexibility index (Phi) is 12.8. The van der Waals surface area contributed by atoms with Crippen LogP contribution < -0.4 is 15.4 Å². The minimum atomic E-state index is -3.77. The fraction of sp³-hybridized carbons (Fsp3) is 0.429. The number of fused-ring (bicyclic) bond motifs is 1. The van der Waals surface area contributed by atoms with Crippen molar-refractivity contribution in [3.05, 3.63) is 84.4 Å². The molecule has 0 bridgehead atoms. The van der Waals surface area contributed by atoms with E-state index in [9.17, 15) is 23.1 Å². The summed E-state index contributed by atoms with van der Waals surface area (Å²) in [5, 5.41) is 15.8. The minimum absolute atomic E-state index is 0.0780. The zero-order chi connectivity index (χ0) is 34.0. The zero-order valence-electron chi connectivity index (χ0n) is 27.5. The molecule has 3 N–H and O–H groups in total. The van der Waals surface area contributed by atoms with Crippen LogP contribution in [-0.4, -0.2) is 86.3 Å². The molecule has 0 fully saturated rings. The molecule has 3 amide bonds. The number of ether oxygens (including phenoxy) is 2. The average molecular weight is 667 g/mol. The minimum Gasteiger partial charge on any atom is -0.490 e. The van der Waals surface area contributed by atoms with Crippen molar-refractivity contribution in [3.8, 4) is 5.75 Å². The van der Waals surface area contributed by atoms with Gasteiger partial charge in [-0.25, -0.2) is 13.2 Å². The van der Waals surface area contributed by atoms with Gasteiger partial charge in [-0.1, -0.05) is 43.3 Å². The largest absolute Gasteiger partial charge is 0.490 e. The van der Waals surface area contributed by atoms with Crippen molar-refractivity contribution in [1.82, 2.24) is 9.21 Å². The highest BCUT2D eigenvalue weighted by Gasteiger charge is 2.32. The Labute approximate surface area is 277 Å². The SMILES string of the molecule is C[C@H](CO)N1C[C@H](C)[C@H](CN(C)S(=O)(=O)c2ccccc2)OCCCC[C@H](C)Oc2ccc(NC(=O)Nc3ccccc3)cc2C1=O. The first-order valence-corrected chi connectivity index (χ1v) is 17.4. The highest BCUT2D eigenvalue weighted by molar-refractivity contribution is 7.89. The van der Waals surface area contributed by atoms with E-state index in [-0.39, 0.29) is 42.2 Å². The predicted octanol–water partition coefficient (Wildman–Crippen LogP) is 5.45. The Morgan fingerprint density at radius 3 is 2.34 bits per heavy atom. The van der Waals surface area contributed by atoms with Crippen LogP contribution in [-0.2, 0) is 14.8 Å². The van der Waals surface area contributed by atoms with Gasteiger partial charge in [0.15, 0.2) is 0 Å². The van der Waals surface area contributed by atoms with Gasteiger partial charge in [-0.2, -0.15) is 4.31 Å². The molecule has 0 aromatic heterocycles. The number of likely N-dealkylation sites (N-methyl/N-ethyl adjacent to an activating group) is 1. The quantitative estimate of drug-likeness (QED) is 0.291. The van der Waals surface area contributed by atoms with Crippen molar-refractivity contribution in [2.45, 2.75) is 63.2 Å². The molecule has 12 heteroatoms. The number of nitrogens with zero attached hydrogens (tertiary/aromatic N) is 2. The highest BCUT2D eigenvalue weighted by Crippen LogP contribution is 2.29. The normalized spacial score (nSPS) is 20.4. The second kappa shape index (κ2) is 16.7. The molecule has 1 aliphatic heterocycles. The second-order valence-electron chi connectivity index (χ2n) is 12.1. The molecule has 3 aromatic carbocycles. The molecule has 1 aliphatic rings. The molecule has 0 unspecified atom stereocenters. The lowest BCUT2D eigenvalue weighted by Gasteiger charge is -2.35. The van der Waals surface area contributed by atoms with Crippen molar-refractivity contribution in [1.29, 1.82) is 0 Å². The summed E-state index contributed by atoms with van der Waals surface area (Å²) >= 11 is 0. The number of carbonyl (C=O) groups is 2. The summed E-state index contributed by atoms with van der Waals surface area (Å²) in [6.07, 6.45) is 1.50. The molecular formula is C35H46N4O7S. The number of hydrogen-bond donors (Lipinski definition) is 3. The van der Waals surface area contributed by atoms with Gasteiger partial charge in [-0.3, -0.25) is 4.79 Å². The van der Waals surface area contributed by atoms with Crippen LogP contribution in [0.3, 0.4) is 0 Å². The predicted molar refractivity (Wildman–Crippen MR) is 182 cm³/mol. The van der Waals surface area contributed by atoms with Crippen LogP contribution in [0.5, 0.6) is 5.75 Å². The third-order valence-corrected chi connectivity index (χ3v) is 10.1. The number of anilines is 2. The summed E-state index contributed by atoms with van der Waals surface area (Å²) in [7, 11) is -2.25. The van der Waals surface area contributed by atoms with E-state index >= 15 is 0 Å². The van der Waals surface area contributed by atoms with Crippen LogP contribution in [0.15, 0.2) is 83.8 Å². The van der Waals surface area contributed by atoms with Crippen LogP contribution in [0.2, 0.25) is 0 Å². The maximum Gasteiger partial charge on any atom is 0.323 e. The number of aliphatic hydroxyl groups excluding tert-OH is 1. The van der Waals surface area contributed by atoms with Gasteiger partial charge >= 0.3 is 6.03 Å².